The summed E-state index contributed by atoms with van der Waals surface area (Å²) in [7, 11) is 0. The number of amides is 1. The molecule has 0 aromatic heterocycles. The van der Waals surface area contributed by atoms with Crippen molar-refractivity contribution < 1.29 is 14.6 Å². The smallest absolute Gasteiger partial charge is 0.250 e. The number of nitrogens with one attached hydrogen (secondary N) is 1. The molecule has 0 bridgehead atoms. The van der Waals surface area contributed by atoms with Crippen molar-refractivity contribution in [2.45, 2.75) is 31.7 Å². The molecule has 4 nitrogen and oxygen atoms in total. The number of benzene rings is 1. The molecule has 1 aromatic carbocycles. The van der Waals surface area contributed by atoms with E-state index in [2.05, 4.69) is 5.32 Å². The third kappa shape index (κ3) is 3.45. The molecule has 0 unspecified atom stereocenters. The number of hydrogen-bond donors (Lipinski definition) is 2. The van der Waals surface area contributed by atoms with Gasteiger partial charge in [0.05, 0.1) is 5.57 Å². The normalized spacial score (nSPS) is 24.0. The van der Waals surface area contributed by atoms with Crippen molar-refractivity contribution in [3.63, 3.8) is 0 Å². The number of hydrogen-bond acceptors (Lipinski definition) is 3. The zero-order valence-electron chi connectivity index (χ0n) is 12.3. The molecule has 1 aliphatic heterocycles. The highest BCUT2D eigenvalue weighted by molar-refractivity contribution is 6.30. The minimum atomic E-state index is -0.0712. The molecule has 0 radical (unpaired) electrons. The van der Waals surface area contributed by atoms with Crippen molar-refractivity contribution in [3.05, 3.63) is 34.4 Å². The lowest BCUT2D eigenvalue weighted by molar-refractivity contribution is -0.118. The second kappa shape index (κ2) is 6.71. The van der Waals surface area contributed by atoms with E-state index >= 15 is 0 Å². The number of aliphatic hydroxyl groups excluding tert-OH is 1. The molecule has 1 amide bonds. The van der Waals surface area contributed by atoms with E-state index in [4.69, 9.17) is 21.4 Å². The zero-order valence-corrected chi connectivity index (χ0v) is 13.1. The zero-order chi connectivity index (χ0) is 15.5. The lowest BCUT2D eigenvalue weighted by atomic mass is 9.86. The SMILES string of the molecule is O=C(NC1CCC(CO)CC1)C1=Cc2cc(Cl)ccc2OC1. The fraction of sp³-hybridized carbons (Fsp3) is 0.471. The summed E-state index contributed by atoms with van der Waals surface area (Å²) in [6.45, 7) is 0.531. The molecule has 0 saturated heterocycles. The van der Waals surface area contributed by atoms with Crippen molar-refractivity contribution in [1.82, 2.24) is 5.32 Å². The molecule has 118 valence electrons. The van der Waals surface area contributed by atoms with Gasteiger partial charge in [0.2, 0.25) is 0 Å². The first kappa shape index (κ1) is 15.4. The quantitative estimate of drug-likeness (QED) is 0.900. The molecule has 0 spiro atoms. The molecule has 22 heavy (non-hydrogen) atoms. The van der Waals surface area contributed by atoms with E-state index < -0.39 is 0 Å². The summed E-state index contributed by atoms with van der Waals surface area (Å²) in [6.07, 6.45) is 5.63. The first-order valence-corrected chi connectivity index (χ1v) is 8.08. The molecule has 0 atom stereocenters. The van der Waals surface area contributed by atoms with Gasteiger partial charge in [-0.15, -0.1) is 0 Å². The van der Waals surface area contributed by atoms with E-state index in [1.165, 1.54) is 0 Å². The predicted molar refractivity (Wildman–Crippen MR) is 85.9 cm³/mol. The summed E-state index contributed by atoms with van der Waals surface area (Å²) >= 11 is 5.98. The van der Waals surface area contributed by atoms with Gasteiger partial charge < -0.3 is 15.2 Å². The van der Waals surface area contributed by atoms with Crippen molar-refractivity contribution >= 4 is 23.6 Å². The Morgan fingerprint density at radius 3 is 2.82 bits per heavy atom. The number of fused-ring (bicyclic) bond motifs is 1. The Labute approximate surface area is 135 Å². The Hall–Kier alpha value is -1.52. The Morgan fingerprint density at radius 1 is 1.32 bits per heavy atom. The third-order valence-electron chi connectivity index (χ3n) is 4.42. The second-order valence-electron chi connectivity index (χ2n) is 6.01. The Morgan fingerprint density at radius 2 is 2.09 bits per heavy atom. The molecular weight excluding hydrogens is 302 g/mol. The van der Waals surface area contributed by atoms with Crippen LogP contribution in [0.4, 0.5) is 0 Å². The first-order chi connectivity index (χ1) is 10.7. The molecule has 1 aromatic rings. The van der Waals surface area contributed by atoms with Crippen LogP contribution in [0.25, 0.3) is 6.08 Å². The average molecular weight is 322 g/mol. The molecule has 2 aliphatic rings. The topological polar surface area (TPSA) is 58.6 Å². The van der Waals surface area contributed by atoms with Crippen LogP contribution in [0.1, 0.15) is 31.2 Å². The van der Waals surface area contributed by atoms with E-state index in [1.54, 1.807) is 12.1 Å². The van der Waals surface area contributed by atoms with Gasteiger partial charge in [0, 0.05) is 23.2 Å². The van der Waals surface area contributed by atoms with Crippen molar-refractivity contribution in [2.24, 2.45) is 5.92 Å². The lowest BCUT2D eigenvalue weighted by Gasteiger charge is -2.28. The van der Waals surface area contributed by atoms with Gasteiger partial charge in [-0.1, -0.05) is 11.6 Å². The summed E-state index contributed by atoms with van der Waals surface area (Å²) in [4.78, 5) is 12.4. The largest absolute Gasteiger partial charge is 0.488 e. The number of rotatable bonds is 3. The van der Waals surface area contributed by atoms with Crippen molar-refractivity contribution in [2.75, 3.05) is 13.2 Å². The fourth-order valence-electron chi connectivity index (χ4n) is 3.05. The molecule has 1 fully saturated rings. The van der Waals surface area contributed by atoms with Gasteiger partial charge >= 0.3 is 0 Å². The maximum absolute atomic E-state index is 12.4. The molecule has 3 rings (SSSR count). The molecule has 1 heterocycles. The van der Waals surface area contributed by atoms with Crippen LogP contribution in [-0.2, 0) is 4.79 Å². The summed E-state index contributed by atoms with van der Waals surface area (Å²) in [5.41, 5.74) is 1.46. The van der Waals surface area contributed by atoms with Gasteiger partial charge in [-0.25, -0.2) is 0 Å². The molecule has 5 heteroatoms. The monoisotopic (exact) mass is 321 g/mol. The van der Waals surface area contributed by atoms with E-state index in [1.807, 2.05) is 12.1 Å². The predicted octanol–water partition coefficient (Wildman–Crippen LogP) is 2.78. The summed E-state index contributed by atoms with van der Waals surface area (Å²) in [5.74, 6) is 1.07. The number of carbonyl (C=O) groups excluding carboxylic acids is 1. The van der Waals surface area contributed by atoms with Crippen LogP contribution in [0.3, 0.4) is 0 Å². The lowest BCUT2D eigenvalue weighted by Crippen LogP contribution is -2.39. The number of aliphatic hydroxyl groups is 1. The molecule has 1 aliphatic carbocycles. The summed E-state index contributed by atoms with van der Waals surface area (Å²) in [6, 6.07) is 5.59. The van der Waals surface area contributed by atoms with Crippen LogP contribution in [0, 0.1) is 5.92 Å². The van der Waals surface area contributed by atoms with Crippen LogP contribution >= 0.6 is 11.6 Å². The minimum Gasteiger partial charge on any atom is -0.488 e. The van der Waals surface area contributed by atoms with E-state index in [0.717, 1.165) is 37.0 Å². The fourth-order valence-corrected chi connectivity index (χ4v) is 3.23. The Kier molecular flexibility index (Phi) is 4.69. The van der Waals surface area contributed by atoms with Crippen molar-refractivity contribution in [1.29, 1.82) is 0 Å². The number of halogens is 1. The second-order valence-corrected chi connectivity index (χ2v) is 6.45. The van der Waals surface area contributed by atoms with Gasteiger partial charge in [-0.3, -0.25) is 4.79 Å². The van der Waals surface area contributed by atoms with Crippen LogP contribution in [0.5, 0.6) is 5.75 Å². The van der Waals surface area contributed by atoms with E-state index in [0.29, 0.717) is 16.5 Å². The van der Waals surface area contributed by atoms with Gasteiger partial charge in [0.1, 0.15) is 12.4 Å². The summed E-state index contributed by atoms with van der Waals surface area (Å²) in [5, 5.41) is 12.9. The Balaban J connectivity index is 1.64. The number of carbonyl (C=O) groups is 1. The Bertz CT molecular complexity index is 592. The maximum atomic E-state index is 12.4. The molecule has 1 saturated carbocycles. The van der Waals surface area contributed by atoms with Crippen LogP contribution < -0.4 is 10.1 Å². The van der Waals surface area contributed by atoms with Gasteiger partial charge in [-0.05, 0) is 55.9 Å². The highest BCUT2D eigenvalue weighted by Gasteiger charge is 2.24. The standard InChI is InChI=1S/C17H20ClNO3/c18-14-3-6-16-12(8-14)7-13(10-22-16)17(21)19-15-4-1-11(9-20)2-5-15/h3,6-8,11,15,20H,1-2,4-5,9-10H2,(H,19,21). The number of ether oxygens (including phenoxy) is 1. The molecule has 2 N–H and O–H groups in total. The first-order valence-electron chi connectivity index (χ1n) is 7.70. The third-order valence-corrected chi connectivity index (χ3v) is 4.65. The highest BCUT2D eigenvalue weighted by atomic mass is 35.5. The van der Waals surface area contributed by atoms with Crippen LogP contribution in [0.2, 0.25) is 5.02 Å². The van der Waals surface area contributed by atoms with Gasteiger partial charge in [0.25, 0.3) is 5.91 Å². The average Bonchev–Trinajstić information content (AvgIpc) is 2.54. The van der Waals surface area contributed by atoms with Crippen molar-refractivity contribution in [3.8, 4) is 5.75 Å². The van der Waals surface area contributed by atoms with Crippen LogP contribution in [-0.4, -0.2) is 30.3 Å². The summed E-state index contributed by atoms with van der Waals surface area (Å²) < 4.78 is 5.62. The van der Waals surface area contributed by atoms with Crippen LogP contribution in [0.15, 0.2) is 23.8 Å². The van der Waals surface area contributed by atoms with E-state index in [9.17, 15) is 4.79 Å². The van der Waals surface area contributed by atoms with Gasteiger partial charge in [0.15, 0.2) is 0 Å². The highest BCUT2D eigenvalue weighted by Crippen LogP contribution is 2.29. The molecular formula is C17H20ClNO3. The maximum Gasteiger partial charge on any atom is 0.250 e. The van der Waals surface area contributed by atoms with Gasteiger partial charge in [-0.2, -0.15) is 0 Å². The minimum absolute atomic E-state index is 0.0712. The van der Waals surface area contributed by atoms with E-state index in [-0.39, 0.29) is 25.2 Å².